The van der Waals surface area contributed by atoms with Gasteiger partial charge in [0.25, 0.3) is 5.91 Å². The molecule has 2 N–H and O–H groups in total. The van der Waals surface area contributed by atoms with Crippen molar-refractivity contribution >= 4 is 50.2 Å². The van der Waals surface area contributed by atoms with Gasteiger partial charge in [-0.05, 0) is 71.7 Å². The first kappa shape index (κ1) is 29.0. The number of hydrazone groups is 1. The van der Waals surface area contributed by atoms with Crippen molar-refractivity contribution in [3.63, 3.8) is 0 Å². The zero-order valence-corrected chi connectivity index (χ0v) is 25.8. The van der Waals surface area contributed by atoms with Crippen LogP contribution < -0.4 is 20.2 Å². The summed E-state index contributed by atoms with van der Waals surface area (Å²) in [5.41, 5.74) is 10.00. The molecule has 0 bridgehead atoms. The fourth-order valence-corrected chi connectivity index (χ4v) is 5.29. The number of amides is 1. The van der Waals surface area contributed by atoms with E-state index in [1.165, 1.54) is 22.5 Å². The first-order valence-electron chi connectivity index (χ1n) is 13.2. The van der Waals surface area contributed by atoms with Gasteiger partial charge in [-0.15, -0.1) is 11.3 Å². The van der Waals surface area contributed by atoms with Gasteiger partial charge >= 0.3 is 0 Å². The molecule has 0 spiro atoms. The third kappa shape index (κ3) is 7.43. The first-order chi connectivity index (χ1) is 20.4. The quantitative estimate of drug-likeness (QED) is 0.118. The molecule has 0 atom stereocenters. The van der Waals surface area contributed by atoms with E-state index < -0.39 is 0 Å². The smallest absolute Gasteiger partial charge is 0.271 e. The number of hydrogen-bond donors (Lipinski definition) is 2. The first-order valence-corrected chi connectivity index (χ1v) is 14.8. The summed E-state index contributed by atoms with van der Waals surface area (Å²) >= 11 is 5.09. The van der Waals surface area contributed by atoms with Crippen LogP contribution in [0.15, 0.2) is 99.9 Å². The molecule has 5 rings (SSSR count). The van der Waals surface area contributed by atoms with Gasteiger partial charge in [-0.25, -0.2) is 10.4 Å². The summed E-state index contributed by atoms with van der Waals surface area (Å²) in [7, 11) is 1.59. The monoisotopic (exact) mass is 640 g/mol. The van der Waals surface area contributed by atoms with Crippen molar-refractivity contribution in [3.05, 3.63) is 123 Å². The number of ether oxygens (including phenoxy) is 2. The Kier molecular flexibility index (Phi) is 9.31. The lowest BCUT2D eigenvalue weighted by molar-refractivity contribution is 0.0955. The van der Waals surface area contributed by atoms with Crippen LogP contribution in [0.2, 0.25) is 0 Å². The molecule has 5 aromatic rings. The third-order valence-electron chi connectivity index (χ3n) is 6.38. The molecule has 42 heavy (non-hydrogen) atoms. The van der Waals surface area contributed by atoms with Gasteiger partial charge in [-0.1, -0.05) is 59.7 Å². The molecule has 4 aromatic carbocycles. The van der Waals surface area contributed by atoms with Gasteiger partial charge in [0.05, 0.1) is 19.0 Å². The van der Waals surface area contributed by atoms with Crippen LogP contribution in [0.3, 0.4) is 0 Å². The fourth-order valence-electron chi connectivity index (χ4n) is 4.13. The summed E-state index contributed by atoms with van der Waals surface area (Å²) in [6, 6.07) is 27.2. The molecule has 0 unspecified atom stereocenters. The highest BCUT2D eigenvalue weighted by Gasteiger charge is 2.11. The fraction of sp³-hybridized carbons (Fsp3) is 0.121. The number of nitrogens with zero attached hydrogens (tertiary/aromatic N) is 2. The van der Waals surface area contributed by atoms with Gasteiger partial charge in [0, 0.05) is 32.2 Å². The second-order valence-electron chi connectivity index (χ2n) is 9.61. The average molecular weight is 642 g/mol. The summed E-state index contributed by atoms with van der Waals surface area (Å²) in [6.07, 6.45) is 1.56. The van der Waals surface area contributed by atoms with Crippen molar-refractivity contribution in [2.45, 2.75) is 20.5 Å². The highest BCUT2D eigenvalue weighted by atomic mass is 79.9. The predicted molar refractivity (Wildman–Crippen MR) is 173 cm³/mol. The number of halogens is 1. The number of hydrogen-bond acceptors (Lipinski definition) is 7. The normalized spacial score (nSPS) is 11.0. The van der Waals surface area contributed by atoms with Gasteiger partial charge in [0.2, 0.25) is 0 Å². The van der Waals surface area contributed by atoms with E-state index in [0.717, 1.165) is 37.7 Å². The highest BCUT2D eigenvalue weighted by Crippen LogP contribution is 2.33. The lowest BCUT2D eigenvalue weighted by atomic mass is 10.1. The maximum absolute atomic E-state index is 12.7. The summed E-state index contributed by atoms with van der Waals surface area (Å²) < 4.78 is 12.3. The molecule has 1 heterocycles. The van der Waals surface area contributed by atoms with Gasteiger partial charge in [0.15, 0.2) is 16.6 Å². The van der Waals surface area contributed by atoms with E-state index in [-0.39, 0.29) is 5.91 Å². The summed E-state index contributed by atoms with van der Waals surface area (Å²) in [5.74, 6) is 0.845. The van der Waals surface area contributed by atoms with E-state index in [1.807, 2.05) is 60.8 Å². The number of thiazole rings is 1. The number of benzene rings is 4. The van der Waals surface area contributed by atoms with Gasteiger partial charge in [-0.3, -0.25) is 4.79 Å². The van der Waals surface area contributed by atoms with E-state index in [2.05, 4.69) is 61.9 Å². The maximum atomic E-state index is 12.7. The lowest BCUT2D eigenvalue weighted by Gasteiger charge is -2.13. The molecule has 212 valence electrons. The molecule has 7 nitrogen and oxygen atoms in total. The van der Waals surface area contributed by atoms with Crippen LogP contribution in [-0.2, 0) is 6.61 Å². The molecular formula is C33H29BrN4O3S. The zero-order chi connectivity index (χ0) is 29.5. The van der Waals surface area contributed by atoms with Crippen molar-refractivity contribution in [1.29, 1.82) is 0 Å². The number of anilines is 2. The Morgan fingerprint density at radius 3 is 2.50 bits per heavy atom. The highest BCUT2D eigenvalue weighted by molar-refractivity contribution is 9.10. The predicted octanol–water partition coefficient (Wildman–Crippen LogP) is 8.28. The van der Waals surface area contributed by atoms with Crippen LogP contribution >= 0.6 is 27.3 Å². The number of nitrogens with one attached hydrogen (secondary N) is 2. The number of aromatic nitrogens is 1. The van der Waals surface area contributed by atoms with Crippen LogP contribution in [0.5, 0.6) is 11.5 Å². The van der Waals surface area contributed by atoms with E-state index in [4.69, 9.17) is 9.47 Å². The summed E-state index contributed by atoms with van der Waals surface area (Å²) in [6.45, 7) is 4.52. The Balaban J connectivity index is 1.19. The van der Waals surface area contributed by atoms with Crippen LogP contribution in [-0.4, -0.2) is 24.2 Å². The number of carbonyl (C=O) groups is 1. The molecule has 0 radical (unpaired) electrons. The van der Waals surface area contributed by atoms with Crippen LogP contribution in [0.1, 0.15) is 32.6 Å². The standard InChI is InChI=1S/C33H29BrN4O3S/c1-21-7-13-27(14-8-21)36-33-37-29(20-42-33)24-9-11-25(12-10-24)32(39)38-35-18-26-16-30(40-3)31(17-28(26)34)41-19-23-6-4-5-22(2)15-23/h4-18,20H,19H2,1-3H3,(H,36,37)(H,38,39)/b35-18-. The molecule has 0 saturated heterocycles. The Hall–Kier alpha value is -4.47. The maximum Gasteiger partial charge on any atom is 0.271 e. The van der Waals surface area contributed by atoms with Gasteiger partial charge < -0.3 is 14.8 Å². The van der Waals surface area contributed by atoms with Crippen molar-refractivity contribution < 1.29 is 14.3 Å². The van der Waals surface area contributed by atoms with E-state index in [1.54, 1.807) is 31.5 Å². The second-order valence-corrected chi connectivity index (χ2v) is 11.3. The molecular weight excluding hydrogens is 612 g/mol. The SMILES string of the molecule is COc1cc(/C=N\NC(=O)c2ccc(-c3csc(Nc4ccc(C)cc4)n3)cc2)c(Br)cc1OCc1cccc(C)c1. The number of aryl methyl sites for hydroxylation is 2. The Labute approximate surface area is 257 Å². The van der Waals surface area contributed by atoms with Gasteiger partial charge in [-0.2, -0.15) is 5.10 Å². The Bertz CT molecular complexity index is 1720. The van der Waals surface area contributed by atoms with E-state index in [9.17, 15) is 4.79 Å². The molecule has 0 saturated carbocycles. The van der Waals surface area contributed by atoms with Crippen molar-refractivity contribution in [2.24, 2.45) is 5.10 Å². The minimum atomic E-state index is -0.320. The van der Waals surface area contributed by atoms with Gasteiger partial charge in [0.1, 0.15) is 6.61 Å². The minimum absolute atomic E-state index is 0.320. The largest absolute Gasteiger partial charge is 0.493 e. The lowest BCUT2D eigenvalue weighted by Crippen LogP contribution is -2.17. The van der Waals surface area contributed by atoms with Crippen LogP contribution in [0, 0.1) is 13.8 Å². The Morgan fingerprint density at radius 2 is 1.76 bits per heavy atom. The van der Waals surface area contributed by atoms with Crippen molar-refractivity contribution in [3.8, 4) is 22.8 Å². The van der Waals surface area contributed by atoms with E-state index in [0.29, 0.717) is 23.7 Å². The zero-order valence-electron chi connectivity index (χ0n) is 23.4. The van der Waals surface area contributed by atoms with Crippen molar-refractivity contribution in [2.75, 3.05) is 12.4 Å². The van der Waals surface area contributed by atoms with Crippen LogP contribution in [0.25, 0.3) is 11.3 Å². The number of methoxy groups -OCH3 is 1. The molecule has 9 heteroatoms. The molecule has 0 aliphatic carbocycles. The average Bonchev–Trinajstić information content (AvgIpc) is 3.46. The summed E-state index contributed by atoms with van der Waals surface area (Å²) in [4.78, 5) is 17.4. The second kappa shape index (κ2) is 13.5. The molecule has 0 fully saturated rings. The molecule has 1 amide bonds. The Morgan fingerprint density at radius 1 is 0.976 bits per heavy atom. The minimum Gasteiger partial charge on any atom is -0.493 e. The molecule has 1 aromatic heterocycles. The molecule has 0 aliphatic rings. The topological polar surface area (TPSA) is 84.8 Å². The molecule has 0 aliphatic heterocycles. The van der Waals surface area contributed by atoms with Crippen molar-refractivity contribution in [1.82, 2.24) is 10.4 Å². The number of rotatable bonds is 10. The third-order valence-corrected chi connectivity index (χ3v) is 7.82. The number of carbonyl (C=O) groups excluding carboxylic acids is 1. The van der Waals surface area contributed by atoms with Crippen LogP contribution in [0.4, 0.5) is 10.8 Å². The van der Waals surface area contributed by atoms with E-state index >= 15 is 0 Å². The summed E-state index contributed by atoms with van der Waals surface area (Å²) in [5, 5.41) is 10.3.